The highest BCUT2D eigenvalue weighted by molar-refractivity contribution is 7.89. The van der Waals surface area contributed by atoms with Gasteiger partial charge in [-0.25, -0.2) is 28.1 Å². The average molecular weight is 466 g/mol. The molecule has 0 saturated heterocycles. The van der Waals surface area contributed by atoms with E-state index >= 15 is 0 Å². The number of amides is 1. The van der Waals surface area contributed by atoms with Gasteiger partial charge in [-0.05, 0) is 48.2 Å². The first-order valence-corrected chi connectivity index (χ1v) is 12.2. The van der Waals surface area contributed by atoms with Crippen LogP contribution in [0.4, 0.5) is 23.1 Å². The summed E-state index contributed by atoms with van der Waals surface area (Å²) in [4.78, 5) is 26.6. The van der Waals surface area contributed by atoms with Gasteiger partial charge in [-0.1, -0.05) is 6.07 Å². The summed E-state index contributed by atoms with van der Waals surface area (Å²) >= 11 is 0. The van der Waals surface area contributed by atoms with Gasteiger partial charge in [0.25, 0.3) is 0 Å². The molecule has 0 unspecified atom stereocenters. The van der Waals surface area contributed by atoms with Gasteiger partial charge in [-0.2, -0.15) is 0 Å². The lowest BCUT2D eigenvalue weighted by atomic mass is 10.00. The molecule has 4 heterocycles. The summed E-state index contributed by atoms with van der Waals surface area (Å²) < 4.78 is 28.4. The summed E-state index contributed by atoms with van der Waals surface area (Å²) in [6.45, 7) is 1.16. The summed E-state index contributed by atoms with van der Waals surface area (Å²) in [5, 5.41) is 6.18. The molecular formula is C22H23N7O3S. The lowest BCUT2D eigenvalue weighted by Crippen LogP contribution is -2.33. The second-order valence-corrected chi connectivity index (χ2v) is 9.61. The molecule has 3 aromatic rings. The maximum atomic E-state index is 12.9. The fourth-order valence-electron chi connectivity index (χ4n) is 4.13. The minimum atomic E-state index is -3.67. The second-order valence-electron chi connectivity index (χ2n) is 7.84. The number of hydrogen-bond acceptors (Lipinski definition) is 8. The smallest absolute Gasteiger partial charge is 0.240 e. The van der Waals surface area contributed by atoms with Gasteiger partial charge in [0.1, 0.15) is 23.8 Å². The van der Waals surface area contributed by atoms with Crippen LogP contribution in [0.3, 0.4) is 0 Å². The number of aryl methyl sites for hydroxylation is 1. The third kappa shape index (κ3) is 4.50. The van der Waals surface area contributed by atoms with E-state index in [1.807, 2.05) is 18.2 Å². The minimum absolute atomic E-state index is 0.115. The monoisotopic (exact) mass is 465 g/mol. The van der Waals surface area contributed by atoms with Crippen LogP contribution in [0.2, 0.25) is 0 Å². The summed E-state index contributed by atoms with van der Waals surface area (Å²) in [7, 11) is -3.67. The number of carbonyl (C=O) groups is 1. The zero-order valence-electron chi connectivity index (χ0n) is 17.8. The summed E-state index contributed by atoms with van der Waals surface area (Å²) in [5.41, 5.74) is 2.76. The molecule has 2 aliphatic rings. The van der Waals surface area contributed by atoms with Crippen molar-refractivity contribution >= 4 is 39.1 Å². The van der Waals surface area contributed by atoms with Gasteiger partial charge in [-0.3, -0.25) is 4.79 Å². The molecule has 0 fully saturated rings. The molecule has 3 N–H and O–H groups in total. The lowest BCUT2D eigenvalue weighted by Gasteiger charge is -2.25. The zero-order valence-corrected chi connectivity index (χ0v) is 18.6. The Morgan fingerprint density at radius 1 is 0.909 bits per heavy atom. The van der Waals surface area contributed by atoms with Gasteiger partial charge in [0, 0.05) is 38.3 Å². The van der Waals surface area contributed by atoms with Crippen molar-refractivity contribution in [3.05, 3.63) is 60.0 Å². The Bertz CT molecular complexity index is 1300. The normalized spacial score (nSPS) is 14.8. The molecule has 0 bridgehead atoms. The number of sulfonamides is 1. The Morgan fingerprint density at radius 2 is 1.73 bits per heavy atom. The number of hydrogen-bond donors (Lipinski definition) is 3. The third-order valence-corrected chi connectivity index (χ3v) is 7.09. The quantitative estimate of drug-likeness (QED) is 0.430. The van der Waals surface area contributed by atoms with Crippen molar-refractivity contribution < 1.29 is 13.2 Å². The molecule has 5 rings (SSSR count). The molecule has 0 aliphatic carbocycles. The first-order valence-electron chi connectivity index (χ1n) is 10.7. The Hall–Kier alpha value is -3.57. The Labute approximate surface area is 191 Å². The number of nitrogens with zero attached hydrogens (tertiary/aromatic N) is 4. The van der Waals surface area contributed by atoms with Crippen LogP contribution < -0.4 is 20.3 Å². The first kappa shape index (κ1) is 21.3. The summed E-state index contributed by atoms with van der Waals surface area (Å²) in [5.74, 6) is 1.92. The van der Waals surface area contributed by atoms with E-state index in [-0.39, 0.29) is 17.3 Å². The molecule has 1 amide bonds. The molecule has 33 heavy (non-hydrogen) atoms. The van der Waals surface area contributed by atoms with Crippen LogP contribution in [0.15, 0.2) is 53.8 Å². The fourth-order valence-corrected chi connectivity index (χ4v) is 5.26. The maximum Gasteiger partial charge on any atom is 0.240 e. The van der Waals surface area contributed by atoms with Gasteiger partial charge in [0.2, 0.25) is 15.9 Å². The molecule has 170 valence electrons. The molecule has 0 radical (unpaired) electrons. The largest absolute Gasteiger partial charge is 0.369 e. The number of anilines is 4. The van der Waals surface area contributed by atoms with Gasteiger partial charge in [-0.15, -0.1) is 0 Å². The van der Waals surface area contributed by atoms with Crippen molar-refractivity contribution in [1.82, 2.24) is 19.7 Å². The van der Waals surface area contributed by atoms with E-state index in [9.17, 15) is 13.2 Å². The highest BCUT2D eigenvalue weighted by atomic mass is 32.2. The predicted octanol–water partition coefficient (Wildman–Crippen LogP) is 1.84. The molecule has 11 heteroatoms. The van der Waals surface area contributed by atoms with E-state index in [2.05, 4.69) is 30.3 Å². The standard InChI is InChI=1S/C22H23N7O3S/c30-21-5-4-15-11-17(12-16-6-10-29(21)22(15)16)33(31,32)27-9-8-24-19-13-20(26-14-25-19)28-18-3-1-2-7-23-18/h1-3,7,11-14,27H,4-6,8-10H2,(H2,23,24,25,26,28). The minimum Gasteiger partial charge on any atom is -0.369 e. The third-order valence-electron chi connectivity index (χ3n) is 5.65. The van der Waals surface area contributed by atoms with Gasteiger partial charge < -0.3 is 15.5 Å². The van der Waals surface area contributed by atoms with Gasteiger partial charge >= 0.3 is 0 Å². The molecule has 1 aromatic carbocycles. The van der Waals surface area contributed by atoms with E-state index in [1.165, 1.54) is 6.33 Å². The number of nitrogens with one attached hydrogen (secondary N) is 3. The van der Waals surface area contributed by atoms with Crippen LogP contribution in [0.5, 0.6) is 0 Å². The zero-order chi connectivity index (χ0) is 22.8. The molecule has 0 spiro atoms. The Balaban J connectivity index is 1.20. The van der Waals surface area contributed by atoms with Crippen LogP contribution in [0.1, 0.15) is 17.5 Å². The van der Waals surface area contributed by atoms with Gasteiger partial charge in [0.15, 0.2) is 0 Å². The number of carbonyl (C=O) groups excluding carboxylic acids is 1. The number of benzene rings is 1. The van der Waals surface area contributed by atoms with Crippen LogP contribution in [-0.4, -0.2) is 48.9 Å². The Morgan fingerprint density at radius 3 is 2.55 bits per heavy atom. The Kier molecular flexibility index (Phi) is 5.65. The molecule has 2 aromatic heterocycles. The number of aromatic nitrogens is 3. The van der Waals surface area contributed by atoms with Crippen LogP contribution in [0.25, 0.3) is 0 Å². The van der Waals surface area contributed by atoms with E-state index < -0.39 is 10.0 Å². The number of pyridine rings is 1. The maximum absolute atomic E-state index is 12.9. The highest BCUT2D eigenvalue weighted by Gasteiger charge is 2.32. The van der Waals surface area contributed by atoms with Crippen LogP contribution >= 0.6 is 0 Å². The van der Waals surface area contributed by atoms with E-state index in [0.29, 0.717) is 49.8 Å². The van der Waals surface area contributed by atoms with E-state index in [0.717, 1.165) is 16.8 Å². The molecular weight excluding hydrogens is 442 g/mol. The van der Waals surface area contributed by atoms with E-state index in [1.54, 1.807) is 29.3 Å². The van der Waals surface area contributed by atoms with E-state index in [4.69, 9.17) is 0 Å². The summed E-state index contributed by atoms with van der Waals surface area (Å²) in [6.07, 6.45) is 4.78. The van der Waals surface area contributed by atoms with Crippen molar-refractivity contribution in [2.75, 3.05) is 35.2 Å². The van der Waals surface area contributed by atoms with Crippen LogP contribution in [0, 0.1) is 0 Å². The highest BCUT2D eigenvalue weighted by Crippen LogP contribution is 2.38. The summed E-state index contributed by atoms with van der Waals surface area (Å²) in [6, 6.07) is 10.6. The number of rotatable bonds is 8. The molecule has 2 aliphatic heterocycles. The lowest BCUT2D eigenvalue weighted by molar-refractivity contribution is -0.118. The fraction of sp³-hybridized carbons (Fsp3) is 0.273. The molecule has 0 saturated carbocycles. The van der Waals surface area contributed by atoms with Crippen LogP contribution in [-0.2, 0) is 27.7 Å². The van der Waals surface area contributed by atoms with Crippen molar-refractivity contribution in [3.63, 3.8) is 0 Å². The van der Waals surface area contributed by atoms with Crippen molar-refractivity contribution in [1.29, 1.82) is 0 Å². The van der Waals surface area contributed by atoms with Crippen molar-refractivity contribution in [2.24, 2.45) is 0 Å². The topological polar surface area (TPSA) is 129 Å². The second kappa shape index (κ2) is 8.75. The van der Waals surface area contributed by atoms with Crippen molar-refractivity contribution in [3.8, 4) is 0 Å². The molecule has 10 nitrogen and oxygen atoms in total. The first-order chi connectivity index (χ1) is 16.0. The average Bonchev–Trinajstić information content (AvgIpc) is 3.26. The molecule has 0 atom stereocenters. The SMILES string of the molecule is O=C1CCc2cc(S(=O)(=O)NCCNc3cc(Nc4ccccn4)ncn3)cc3c2N1CC3. The van der Waals surface area contributed by atoms with Crippen molar-refractivity contribution in [2.45, 2.75) is 24.2 Å². The predicted molar refractivity (Wildman–Crippen MR) is 124 cm³/mol. The van der Waals surface area contributed by atoms with Gasteiger partial charge in [0.05, 0.1) is 10.6 Å².